The van der Waals surface area contributed by atoms with Crippen molar-refractivity contribution in [1.29, 1.82) is 0 Å². The van der Waals surface area contributed by atoms with Crippen molar-refractivity contribution in [1.82, 2.24) is 4.90 Å². The van der Waals surface area contributed by atoms with Gasteiger partial charge in [0.05, 0.1) is 13.2 Å². The zero-order chi connectivity index (χ0) is 17.5. The average Bonchev–Trinajstić information content (AvgIpc) is 2.57. The maximum atomic E-state index is 13.5. The van der Waals surface area contributed by atoms with Crippen molar-refractivity contribution in [3.8, 4) is 11.5 Å². The number of carbonyl (C=O) groups excluding carboxylic acids is 1. The van der Waals surface area contributed by atoms with Gasteiger partial charge in [-0.2, -0.15) is 0 Å². The highest BCUT2D eigenvalue weighted by Gasteiger charge is 2.13. The molecule has 0 atom stereocenters. The van der Waals surface area contributed by atoms with Crippen molar-refractivity contribution in [2.24, 2.45) is 0 Å². The third kappa shape index (κ3) is 4.47. The standard InChI is InChI=1S/C19H22FNO3/c1-4-23-17-10-9-15(13-14(17)2)19(22)21(3)11-12-24-18-8-6-5-7-16(18)20/h5-10,13H,4,11-12H2,1-3H3. The Bertz CT molecular complexity index is 703. The molecule has 0 radical (unpaired) electrons. The van der Waals surface area contributed by atoms with E-state index in [0.29, 0.717) is 18.7 Å². The average molecular weight is 331 g/mol. The molecule has 0 saturated carbocycles. The van der Waals surface area contributed by atoms with Crippen LogP contribution in [0.1, 0.15) is 22.8 Å². The zero-order valence-corrected chi connectivity index (χ0v) is 14.2. The monoisotopic (exact) mass is 331 g/mol. The summed E-state index contributed by atoms with van der Waals surface area (Å²) in [4.78, 5) is 14.0. The van der Waals surface area contributed by atoms with E-state index in [1.54, 1.807) is 42.3 Å². The quantitative estimate of drug-likeness (QED) is 0.777. The summed E-state index contributed by atoms with van der Waals surface area (Å²) in [5, 5.41) is 0. The van der Waals surface area contributed by atoms with Crippen LogP contribution in [0, 0.1) is 12.7 Å². The molecular formula is C19H22FNO3. The van der Waals surface area contributed by atoms with E-state index >= 15 is 0 Å². The number of nitrogens with zero attached hydrogens (tertiary/aromatic N) is 1. The Morgan fingerprint density at radius 1 is 1.12 bits per heavy atom. The molecule has 0 heterocycles. The Morgan fingerprint density at radius 2 is 1.88 bits per heavy atom. The lowest BCUT2D eigenvalue weighted by atomic mass is 10.1. The molecule has 0 saturated heterocycles. The highest BCUT2D eigenvalue weighted by atomic mass is 19.1. The molecule has 0 spiro atoms. The molecule has 0 aliphatic rings. The van der Waals surface area contributed by atoms with Gasteiger partial charge in [0, 0.05) is 12.6 Å². The zero-order valence-electron chi connectivity index (χ0n) is 14.2. The van der Waals surface area contributed by atoms with E-state index in [0.717, 1.165) is 11.3 Å². The lowest BCUT2D eigenvalue weighted by Gasteiger charge is -2.18. The van der Waals surface area contributed by atoms with Crippen LogP contribution in [0.2, 0.25) is 0 Å². The number of halogens is 1. The summed E-state index contributed by atoms with van der Waals surface area (Å²) in [6.07, 6.45) is 0. The minimum Gasteiger partial charge on any atom is -0.494 e. The Hall–Kier alpha value is -2.56. The van der Waals surface area contributed by atoms with Crippen molar-refractivity contribution in [3.63, 3.8) is 0 Å². The predicted octanol–water partition coefficient (Wildman–Crippen LogP) is 3.68. The van der Waals surface area contributed by atoms with Crippen molar-refractivity contribution in [2.75, 3.05) is 26.8 Å². The van der Waals surface area contributed by atoms with Gasteiger partial charge >= 0.3 is 0 Å². The lowest BCUT2D eigenvalue weighted by molar-refractivity contribution is 0.0773. The summed E-state index contributed by atoms with van der Waals surface area (Å²) in [7, 11) is 1.69. The van der Waals surface area contributed by atoms with Crippen LogP contribution < -0.4 is 9.47 Å². The molecule has 2 rings (SSSR count). The van der Waals surface area contributed by atoms with E-state index in [9.17, 15) is 9.18 Å². The van der Waals surface area contributed by atoms with Crippen LogP contribution >= 0.6 is 0 Å². The molecule has 0 bridgehead atoms. The fourth-order valence-electron chi connectivity index (χ4n) is 2.28. The highest BCUT2D eigenvalue weighted by Crippen LogP contribution is 2.20. The fraction of sp³-hybridized carbons (Fsp3) is 0.316. The maximum Gasteiger partial charge on any atom is 0.253 e. The SMILES string of the molecule is CCOc1ccc(C(=O)N(C)CCOc2ccccc2F)cc1C. The third-order valence-electron chi connectivity index (χ3n) is 3.59. The highest BCUT2D eigenvalue weighted by molar-refractivity contribution is 5.94. The van der Waals surface area contributed by atoms with E-state index in [1.165, 1.54) is 6.07 Å². The number of aryl methyl sites for hydroxylation is 1. The van der Waals surface area contributed by atoms with Crippen LogP contribution in [0.25, 0.3) is 0 Å². The van der Waals surface area contributed by atoms with Gasteiger partial charge in [-0.1, -0.05) is 12.1 Å². The van der Waals surface area contributed by atoms with Crippen molar-refractivity contribution in [2.45, 2.75) is 13.8 Å². The van der Waals surface area contributed by atoms with Crippen LogP contribution in [-0.4, -0.2) is 37.6 Å². The number of likely N-dealkylation sites (N-methyl/N-ethyl adjacent to an activating group) is 1. The molecule has 0 unspecified atom stereocenters. The molecule has 5 heteroatoms. The van der Waals surface area contributed by atoms with Crippen LogP contribution in [0.3, 0.4) is 0 Å². The molecule has 128 valence electrons. The van der Waals surface area contributed by atoms with E-state index < -0.39 is 5.82 Å². The molecule has 0 aliphatic carbocycles. The first kappa shape index (κ1) is 17.8. The van der Waals surface area contributed by atoms with Crippen LogP contribution in [0.4, 0.5) is 4.39 Å². The summed E-state index contributed by atoms with van der Waals surface area (Å²) in [5.74, 6) is 0.446. The summed E-state index contributed by atoms with van der Waals surface area (Å²) < 4.78 is 24.3. The topological polar surface area (TPSA) is 38.8 Å². The molecule has 0 aliphatic heterocycles. The first-order valence-electron chi connectivity index (χ1n) is 7.89. The lowest BCUT2D eigenvalue weighted by Crippen LogP contribution is -2.31. The van der Waals surface area contributed by atoms with Gasteiger partial charge in [-0.15, -0.1) is 0 Å². The summed E-state index contributed by atoms with van der Waals surface area (Å²) in [5.41, 5.74) is 1.50. The molecule has 4 nitrogen and oxygen atoms in total. The second-order valence-electron chi connectivity index (χ2n) is 5.42. The number of hydrogen-bond acceptors (Lipinski definition) is 3. The van der Waals surface area contributed by atoms with Gasteiger partial charge in [-0.05, 0) is 49.7 Å². The largest absolute Gasteiger partial charge is 0.494 e. The van der Waals surface area contributed by atoms with Crippen LogP contribution in [0.15, 0.2) is 42.5 Å². The van der Waals surface area contributed by atoms with E-state index in [1.807, 2.05) is 19.9 Å². The summed E-state index contributed by atoms with van der Waals surface area (Å²) >= 11 is 0. The van der Waals surface area contributed by atoms with E-state index in [4.69, 9.17) is 9.47 Å². The first-order valence-corrected chi connectivity index (χ1v) is 7.89. The molecule has 24 heavy (non-hydrogen) atoms. The second-order valence-corrected chi connectivity index (χ2v) is 5.42. The number of hydrogen-bond donors (Lipinski definition) is 0. The number of amides is 1. The van der Waals surface area contributed by atoms with Crippen LogP contribution in [0.5, 0.6) is 11.5 Å². The number of benzene rings is 2. The molecule has 1 amide bonds. The third-order valence-corrected chi connectivity index (χ3v) is 3.59. The molecule has 2 aromatic rings. The number of ether oxygens (including phenoxy) is 2. The van der Waals surface area contributed by atoms with E-state index in [-0.39, 0.29) is 18.3 Å². The number of para-hydroxylation sites is 1. The second kappa shape index (κ2) is 8.34. The van der Waals surface area contributed by atoms with Crippen molar-refractivity contribution in [3.05, 3.63) is 59.4 Å². The van der Waals surface area contributed by atoms with Gasteiger partial charge < -0.3 is 14.4 Å². The van der Waals surface area contributed by atoms with Gasteiger partial charge in [0.1, 0.15) is 12.4 Å². The Morgan fingerprint density at radius 3 is 2.54 bits per heavy atom. The minimum atomic E-state index is -0.409. The molecule has 0 fully saturated rings. The molecule has 0 N–H and O–H groups in total. The normalized spacial score (nSPS) is 10.3. The minimum absolute atomic E-state index is 0.113. The maximum absolute atomic E-state index is 13.5. The van der Waals surface area contributed by atoms with Crippen molar-refractivity contribution < 1.29 is 18.7 Å². The smallest absolute Gasteiger partial charge is 0.253 e. The molecule has 2 aromatic carbocycles. The fourth-order valence-corrected chi connectivity index (χ4v) is 2.28. The first-order chi connectivity index (χ1) is 11.5. The van der Waals surface area contributed by atoms with Gasteiger partial charge in [-0.25, -0.2) is 4.39 Å². The van der Waals surface area contributed by atoms with E-state index in [2.05, 4.69) is 0 Å². The molecular weight excluding hydrogens is 309 g/mol. The van der Waals surface area contributed by atoms with Gasteiger partial charge in [0.15, 0.2) is 11.6 Å². The Balaban J connectivity index is 1.92. The van der Waals surface area contributed by atoms with Gasteiger partial charge in [0.25, 0.3) is 5.91 Å². The predicted molar refractivity (Wildman–Crippen MR) is 91.2 cm³/mol. The number of rotatable bonds is 7. The number of carbonyl (C=O) groups is 1. The summed E-state index contributed by atoms with van der Waals surface area (Å²) in [6, 6.07) is 11.6. The van der Waals surface area contributed by atoms with Crippen molar-refractivity contribution >= 4 is 5.91 Å². The molecule has 0 aromatic heterocycles. The Labute approximate surface area is 141 Å². The van der Waals surface area contributed by atoms with Gasteiger partial charge in [0.2, 0.25) is 0 Å². The summed E-state index contributed by atoms with van der Waals surface area (Å²) in [6.45, 7) is 4.99. The van der Waals surface area contributed by atoms with Crippen LogP contribution in [-0.2, 0) is 0 Å². The van der Waals surface area contributed by atoms with Gasteiger partial charge in [-0.3, -0.25) is 4.79 Å². The Kier molecular flexibility index (Phi) is 6.18.